The van der Waals surface area contributed by atoms with E-state index in [2.05, 4.69) is 62.5 Å². The molecule has 0 fully saturated rings. The minimum absolute atomic E-state index is 0.0343. The normalized spacial score (nSPS) is 13.3. The van der Waals surface area contributed by atoms with Crippen LogP contribution in [0.5, 0.6) is 0 Å². The molecule has 0 heterocycles. The van der Waals surface area contributed by atoms with Crippen LogP contribution < -0.4 is 0 Å². The Kier molecular flexibility index (Phi) is 67.7. The van der Waals surface area contributed by atoms with Crippen molar-refractivity contribution >= 4 is 19.8 Å². The molecule has 0 aliphatic rings. The maximum atomic E-state index is 12.9. The van der Waals surface area contributed by atoms with Crippen molar-refractivity contribution in [2.45, 2.75) is 392 Å². The Morgan fingerprint density at radius 2 is 0.648 bits per heavy atom. The molecule has 9 nitrogen and oxygen atoms in total. The Morgan fingerprint density at radius 3 is 0.966 bits per heavy atom. The second-order valence-corrected chi connectivity index (χ2v) is 28.8. The standard InChI is InChI=1S/C78H148NO8P/c1-6-8-10-12-14-16-18-20-22-24-26-28-30-32-34-36-38-39-41-42-44-46-48-50-52-54-56-58-60-62-64-66-68-70-77(80)84-74-76(75-86-88(82,83)85-73-72-79(3,4)5)87-78(81)71-69-67-65-63-61-59-57-55-53-51-49-47-45-43-40-37-35-33-31-29-27-25-23-21-19-17-15-13-11-9-7-2/h9,11,15,17,21,23,27,29,76H,6-8,10,12-14,16,18-20,22,24-26,28,30-75H2,1-5H3/p+1/b11-9-,17-15-,23-21-,29-27-. The zero-order valence-corrected chi connectivity index (χ0v) is 60.1. The summed E-state index contributed by atoms with van der Waals surface area (Å²) in [6.45, 7) is 4.40. The fraction of sp³-hybridized carbons (Fsp3) is 0.872. The summed E-state index contributed by atoms with van der Waals surface area (Å²) in [7, 11) is 1.50. The lowest BCUT2D eigenvalue weighted by atomic mass is 10.0. The number of carbonyl (C=O) groups excluding carboxylic acids is 2. The average molecular weight is 1260 g/mol. The third-order valence-corrected chi connectivity index (χ3v) is 18.4. The molecule has 88 heavy (non-hydrogen) atoms. The number of ether oxygens (including phenoxy) is 2. The fourth-order valence-corrected chi connectivity index (χ4v) is 12.3. The van der Waals surface area contributed by atoms with Crippen molar-refractivity contribution in [3.63, 3.8) is 0 Å². The Morgan fingerprint density at radius 1 is 0.364 bits per heavy atom. The Labute approximate surface area is 547 Å². The van der Waals surface area contributed by atoms with Gasteiger partial charge in [0.25, 0.3) is 0 Å². The molecule has 0 aliphatic carbocycles. The molecule has 2 unspecified atom stereocenters. The number of esters is 2. The van der Waals surface area contributed by atoms with E-state index in [1.54, 1.807) is 0 Å². The van der Waals surface area contributed by atoms with E-state index in [9.17, 15) is 19.0 Å². The Balaban J connectivity index is 3.93. The maximum absolute atomic E-state index is 12.9. The summed E-state index contributed by atoms with van der Waals surface area (Å²) in [4.78, 5) is 35.9. The molecule has 0 aromatic heterocycles. The number of phosphoric acid groups is 1. The molecule has 0 amide bonds. The van der Waals surface area contributed by atoms with E-state index < -0.39 is 26.5 Å². The molecule has 518 valence electrons. The largest absolute Gasteiger partial charge is 0.472 e. The topological polar surface area (TPSA) is 108 Å². The van der Waals surface area contributed by atoms with E-state index in [0.717, 1.165) is 57.8 Å². The van der Waals surface area contributed by atoms with Gasteiger partial charge in [0, 0.05) is 12.8 Å². The smallest absolute Gasteiger partial charge is 0.462 e. The van der Waals surface area contributed by atoms with Gasteiger partial charge in [-0.1, -0.05) is 371 Å². The van der Waals surface area contributed by atoms with Crippen LogP contribution in [0.2, 0.25) is 0 Å². The van der Waals surface area contributed by atoms with Crippen LogP contribution in [0, 0.1) is 0 Å². The van der Waals surface area contributed by atoms with Crippen molar-refractivity contribution in [1.29, 1.82) is 0 Å². The van der Waals surface area contributed by atoms with Crippen LogP contribution in [-0.4, -0.2) is 74.9 Å². The quantitative estimate of drug-likeness (QED) is 0.0211. The molecule has 0 aromatic carbocycles. The summed E-state index contributed by atoms with van der Waals surface area (Å²) < 4.78 is 34.8. The van der Waals surface area contributed by atoms with Gasteiger partial charge in [-0.15, -0.1) is 0 Å². The third-order valence-electron chi connectivity index (χ3n) is 17.4. The number of quaternary nitrogens is 1. The summed E-state index contributed by atoms with van der Waals surface area (Å²) >= 11 is 0. The fourth-order valence-electron chi connectivity index (χ4n) is 11.5. The van der Waals surface area contributed by atoms with Crippen molar-refractivity contribution in [1.82, 2.24) is 0 Å². The first-order chi connectivity index (χ1) is 43.0. The van der Waals surface area contributed by atoms with Crippen LogP contribution in [0.25, 0.3) is 0 Å². The highest BCUT2D eigenvalue weighted by Crippen LogP contribution is 2.43. The SMILES string of the molecule is CC/C=C\C/C=C\C/C=C\C/C=C\CCCCCCCCCCCCCCCCCCCCC(=O)OC(COC(=O)CCCCCCCCCCCCCCCCCCCCCCCCCCCCCCCCCCC)COP(=O)(O)OCC[N+](C)(C)C. The number of carbonyl (C=O) groups is 2. The molecule has 0 aromatic rings. The van der Waals surface area contributed by atoms with Crippen molar-refractivity contribution in [2.75, 3.05) is 47.5 Å². The summed E-state index contributed by atoms with van der Waals surface area (Å²) in [5.74, 6) is -0.774. The van der Waals surface area contributed by atoms with Crippen molar-refractivity contribution in [3.05, 3.63) is 48.6 Å². The van der Waals surface area contributed by atoms with E-state index in [4.69, 9.17) is 18.5 Å². The minimum atomic E-state index is -4.39. The molecule has 0 aliphatic heterocycles. The molecule has 0 saturated heterocycles. The van der Waals surface area contributed by atoms with Crippen LogP contribution in [0.15, 0.2) is 48.6 Å². The van der Waals surface area contributed by atoms with Gasteiger partial charge in [-0.3, -0.25) is 18.6 Å². The highest BCUT2D eigenvalue weighted by Gasteiger charge is 2.27. The van der Waals surface area contributed by atoms with E-state index in [1.165, 1.54) is 295 Å². The Bertz CT molecular complexity index is 1620. The molecule has 0 rings (SSSR count). The zero-order valence-electron chi connectivity index (χ0n) is 59.2. The number of phosphoric ester groups is 1. The number of unbranched alkanes of at least 4 members (excludes halogenated alkanes) is 50. The van der Waals surface area contributed by atoms with Crippen molar-refractivity contribution in [3.8, 4) is 0 Å². The van der Waals surface area contributed by atoms with Gasteiger partial charge in [0.1, 0.15) is 19.8 Å². The first kappa shape index (κ1) is 86.0. The van der Waals surface area contributed by atoms with Crippen LogP contribution in [-0.2, 0) is 32.7 Å². The molecular formula is C78H149NO8P+. The second kappa shape index (κ2) is 69.3. The number of likely N-dealkylation sites (N-methyl/N-ethyl adjacent to an activating group) is 1. The minimum Gasteiger partial charge on any atom is -0.462 e. The van der Waals surface area contributed by atoms with Crippen LogP contribution in [0.4, 0.5) is 0 Å². The van der Waals surface area contributed by atoms with E-state index in [-0.39, 0.29) is 25.6 Å². The van der Waals surface area contributed by atoms with E-state index in [0.29, 0.717) is 23.9 Å². The van der Waals surface area contributed by atoms with Gasteiger partial charge in [0.05, 0.1) is 27.7 Å². The molecule has 0 spiro atoms. The van der Waals surface area contributed by atoms with Gasteiger partial charge in [0.15, 0.2) is 6.10 Å². The van der Waals surface area contributed by atoms with Gasteiger partial charge in [-0.2, -0.15) is 0 Å². The molecule has 0 radical (unpaired) electrons. The highest BCUT2D eigenvalue weighted by molar-refractivity contribution is 7.47. The monoisotopic (exact) mass is 1260 g/mol. The van der Waals surface area contributed by atoms with Crippen molar-refractivity contribution in [2.24, 2.45) is 0 Å². The first-order valence-electron chi connectivity index (χ1n) is 38.4. The number of hydrogen-bond donors (Lipinski definition) is 1. The summed E-state index contributed by atoms with van der Waals surface area (Å²) in [5, 5.41) is 0. The Hall–Kier alpha value is -2.03. The summed E-state index contributed by atoms with van der Waals surface area (Å²) in [6.07, 6.45) is 91.1. The predicted molar refractivity (Wildman–Crippen MR) is 381 cm³/mol. The van der Waals surface area contributed by atoms with Gasteiger partial charge < -0.3 is 18.9 Å². The second-order valence-electron chi connectivity index (χ2n) is 27.4. The van der Waals surface area contributed by atoms with Crippen LogP contribution in [0.3, 0.4) is 0 Å². The van der Waals surface area contributed by atoms with Gasteiger partial charge in [0.2, 0.25) is 0 Å². The molecule has 2 atom stereocenters. The number of rotatable bonds is 72. The van der Waals surface area contributed by atoms with E-state index in [1.807, 2.05) is 21.1 Å². The number of hydrogen-bond acceptors (Lipinski definition) is 7. The molecule has 10 heteroatoms. The average Bonchev–Trinajstić information content (AvgIpc) is 3.68. The highest BCUT2D eigenvalue weighted by atomic mass is 31.2. The number of nitrogens with zero attached hydrogens (tertiary/aromatic N) is 1. The summed E-state index contributed by atoms with van der Waals surface area (Å²) in [5.41, 5.74) is 0. The van der Waals surface area contributed by atoms with Crippen LogP contribution >= 0.6 is 7.82 Å². The summed E-state index contributed by atoms with van der Waals surface area (Å²) in [6, 6.07) is 0. The van der Waals surface area contributed by atoms with Gasteiger partial charge >= 0.3 is 19.8 Å². The van der Waals surface area contributed by atoms with Gasteiger partial charge in [-0.25, -0.2) is 4.57 Å². The zero-order chi connectivity index (χ0) is 64.1. The lowest BCUT2D eigenvalue weighted by Crippen LogP contribution is -2.37. The molecule has 0 saturated carbocycles. The lowest BCUT2D eigenvalue weighted by Gasteiger charge is -2.24. The molecule has 1 N–H and O–H groups in total. The lowest BCUT2D eigenvalue weighted by molar-refractivity contribution is -0.870. The molecule has 0 bridgehead atoms. The number of allylic oxidation sites excluding steroid dienone is 8. The first-order valence-corrected chi connectivity index (χ1v) is 39.9. The predicted octanol–water partition coefficient (Wildman–Crippen LogP) is 25.2. The third kappa shape index (κ3) is 73.0. The van der Waals surface area contributed by atoms with Gasteiger partial charge in [-0.05, 0) is 51.4 Å². The van der Waals surface area contributed by atoms with Crippen LogP contribution in [0.1, 0.15) is 386 Å². The molecular weight excluding hydrogens is 1110 g/mol. The van der Waals surface area contributed by atoms with Crippen molar-refractivity contribution < 1.29 is 42.1 Å². The maximum Gasteiger partial charge on any atom is 0.472 e. The van der Waals surface area contributed by atoms with E-state index >= 15 is 0 Å².